The van der Waals surface area contributed by atoms with Crippen molar-refractivity contribution in [3.05, 3.63) is 11.9 Å². The van der Waals surface area contributed by atoms with E-state index >= 15 is 0 Å². The van der Waals surface area contributed by atoms with Gasteiger partial charge in [0.2, 0.25) is 0 Å². The van der Waals surface area contributed by atoms with Crippen LogP contribution >= 0.6 is 7.92 Å². The van der Waals surface area contributed by atoms with E-state index in [-0.39, 0.29) is 7.92 Å². The first kappa shape index (κ1) is 6.17. The molecule has 36 valence electrons. The lowest BCUT2D eigenvalue weighted by Gasteiger charge is -1.98. The highest BCUT2D eigenvalue weighted by Gasteiger charge is 1.86. The quantitative estimate of drug-likeness (QED) is 0.445. The van der Waals surface area contributed by atoms with E-state index in [0.29, 0.717) is 0 Å². The van der Waals surface area contributed by atoms with Crippen molar-refractivity contribution in [2.75, 3.05) is 13.3 Å². The van der Waals surface area contributed by atoms with Crippen molar-refractivity contribution in [3.8, 4) is 0 Å². The smallest absolute Gasteiger partial charge is 0.0399 e. The van der Waals surface area contributed by atoms with Crippen molar-refractivity contribution in [1.29, 1.82) is 0 Å². The summed E-state index contributed by atoms with van der Waals surface area (Å²) in [5, 5.41) is 1.32. The van der Waals surface area contributed by atoms with E-state index in [9.17, 15) is 0 Å². The molecule has 1 heteroatoms. The molecule has 0 unspecified atom stereocenters. The van der Waals surface area contributed by atoms with Gasteiger partial charge in [0.1, 0.15) is 0 Å². The molecule has 0 rings (SSSR count). The summed E-state index contributed by atoms with van der Waals surface area (Å²) in [4.78, 5) is 0. The van der Waals surface area contributed by atoms with E-state index in [1.54, 1.807) is 0 Å². The number of hydrogen-bond acceptors (Lipinski definition) is 0. The minimum Gasteiger partial charge on any atom is -0.0957 e. The fourth-order valence-corrected chi connectivity index (χ4v) is 0. The molecule has 0 aromatic rings. The van der Waals surface area contributed by atoms with Crippen LogP contribution in [0.5, 0.6) is 0 Å². The average Bonchev–Trinajstić information content (AvgIpc) is 1.36. The van der Waals surface area contributed by atoms with Crippen molar-refractivity contribution < 1.29 is 0 Å². The van der Waals surface area contributed by atoms with Crippen LogP contribution in [0.2, 0.25) is 0 Å². The second-order valence-corrected chi connectivity index (χ2v) is 4.18. The topological polar surface area (TPSA) is 0 Å². The first-order valence-corrected chi connectivity index (χ1v) is 4.21. The van der Waals surface area contributed by atoms with Gasteiger partial charge in [0.25, 0.3) is 0 Å². The molecule has 0 saturated carbocycles. The zero-order chi connectivity index (χ0) is 5.15. The third-order valence-corrected chi connectivity index (χ3v) is 2.29. The Balaban J connectivity index is 3.26. The van der Waals surface area contributed by atoms with Gasteiger partial charge in [0, 0.05) is 0 Å². The molecule has 0 nitrogen and oxygen atoms in total. The summed E-state index contributed by atoms with van der Waals surface area (Å²) in [7, 11) is 0.146. The molecule has 0 aromatic carbocycles. The fraction of sp³-hybridized carbons (Fsp3) is 0.600. The van der Waals surface area contributed by atoms with Crippen molar-refractivity contribution >= 4 is 7.92 Å². The Hall–Kier alpha value is 0.170. The van der Waals surface area contributed by atoms with Crippen LogP contribution in [-0.4, -0.2) is 13.3 Å². The average molecular weight is 102 g/mol. The largest absolute Gasteiger partial charge is 0.0957 e. The normalized spacial score (nSPS) is 9.33. The van der Waals surface area contributed by atoms with Gasteiger partial charge in [-0.15, -0.1) is 0 Å². The number of allylic oxidation sites excluding steroid dienone is 1. The van der Waals surface area contributed by atoms with Crippen LogP contribution in [0, 0.1) is 0 Å². The minimum absolute atomic E-state index is 0.146. The van der Waals surface area contributed by atoms with Gasteiger partial charge in [-0.1, -0.05) is 19.8 Å². The van der Waals surface area contributed by atoms with E-state index < -0.39 is 0 Å². The van der Waals surface area contributed by atoms with E-state index in [2.05, 4.69) is 26.8 Å². The maximum Gasteiger partial charge on any atom is -0.0399 e. The van der Waals surface area contributed by atoms with Crippen LogP contribution in [0.3, 0.4) is 0 Å². The molecule has 6 heavy (non-hydrogen) atoms. The Labute approximate surface area is 41.0 Å². The van der Waals surface area contributed by atoms with E-state index in [4.69, 9.17) is 0 Å². The second-order valence-electron chi connectivity index (χ2n) is 1.63. The molecule has 0 aliphatic rings. The Morgan fingerprint density at radius 1 is 1.50 bits per heavy atom. The van der Waals surface area contributed by atoms with Gasteiger partial charge in [-0.2, -0.15) is 0 Å². The van der Waals surface area contributed by atoms with E-state index in [0.717, 1.165) is 0 Å². The van der Waals surface area contributed by atoms with Crippen molar-refractivity contribution in [1.82, 2.24) is 0 Å². The predicted octanol–water partition coefficient (Wildman–Crippen LogP) is 2.26. The molecule has 0 fully saturated rings. The molecule has 0 aromatic heterocycles. The molecule has 0 N–H and O–H groups in total. The Morgan fingerprint density at radius 3 is 1.67 bits per heavy atom. The number of rotatable bonds is 1. The maximum absolute atomic E-state index is 3.78. The first-order valence-electron chi connectivity index (χ1n) is 1.97. The zero-order valence-corrected chi connectivity index (χ0v) is 5.55. The Morgan fingerprint density at radius 2 is 1.67 bits per heavy atom. The molecule has 0 saturated heterocycles. The summed E-state index contributed by atoms with van der Waals surface area (Å²) < 4.78 is 0. The first-order chi connectivity index (χ1) is 2.64. The van der Waals surface area contributed by atoms with Crippen molar-refractivity contribution in [2.45, 2.75) is 6.92 Å². The summed E-state index contributed by atoms with van der Waals surface area (Å²) >= 11 is 0. The lowest BCUT2D eigenvalue weighted by molar-refractivity contribution is 1.70. The van der Waals surface area contributed by atoms with Crippen LogP contribution in [-0.2, 0) is 0 Å². The lowest BCUT2D eigenvalue weighted by atomic mass is 10.8. The molecule has 0 heterocycles. The van der Waals surface area contributed by atoms with Gasteiger partial charge >= 0.3 is 0 Å². The van der Waals surface area contributed by atoms with E-state index in [1.165, 1.54) is 5.31 Å². The molecule has 0 spiro atoms. The molecule has 0 radical (unpaired) electrons. The summed E-state index contributed by atoms with van der Waals surface area (Å²) in [5.74, 6) is 0. The maximum atomic E-state index is 3.78. The zero-order valence-electron chi connectivity index (χ0n) is 4.65. The van der Waals surface area contributed by atoms with Gasteiger partial charge in [0.05, 0.1) is 0 Å². The van der Waals surface area contributed by atoms with Gasteiger partial charge in [-0.3, -0.25) is 0 Å². The highest BCUT2D eigenvalue weighted by atomic mass is 31.1. The number of hydrogen-bond donors (Lipinski definition) is 0. The van der Waals surface area contributed by atoms with Crippen LogP contribution < -0.4 is 0 Å². The predicted molar refractivity (Wildman–Crippen MR) is 33.6 cm³/mol. The van der Waals surface area contributed by atoms with Gasteiger partial charge < -0.3 is 0 Å². The Kier molecular flexibility index (Phi) is 2.43. The third-order valence-electron chi connectivity index (χ3n) is 0.763. The SMILES string of the molecule is C=C(C)P(C)C. The Bertz CT molecular complexity index is 55.0. The van der Waals surface area contributed by atoms with Crippen LogP contribution in [0.25, 0.3) is 0 Å². The molecule has 0 aliphatic carbocycles. The monoisotopic (exact) mass is 102 g/mol. The minimum atomic E-state index is 0.146. The summed E-state index contributed by atoms with van der Waals surface area (Å²) in [6.07, 6.45) is 0. The van der Waals surface area contributed by atoms with Crippen LogP contribution in [0.4, 0.5) is 0 Å². The van der Waals surface area contributed by atoms with Crippen LogP contribution in [0.15, 0.2) is 11.9 Å². The molecule has 0 aliphatic heterocycles. The summed E-state index contributed by atoms with van der Waals surface area (Å²) in [6, 6.07) is 0. The van der Waals surface area contributed by atoms with E-state index in [1.807, 2.05) is 0 Å². The van der Waals surface area contributed by atoms with Crippen molar-refractivity contribution in [2.24, 2.45) is 0 Å². The van der Waals surface area contributed by atoms with Gasteiger partial charge in [-0.25, -0.2) is 0 Å². The molecule has 0 bridgehead atoms. The second kappa shape index (κ2) is 2.36. The molecule has 0 atom stereocenters. The third kappa shape index (κ3) is 2.41. The van der Waals surface area contributed by atoms with Gasteiger partial charge in [-0.05, 0) is 20.3 Å². The highest BCUT2D eigenvalue weighted by Crippen LogP contribution is 2.33. The van der Waals surface area contributed by atoms with Crippen molar-refractivity contribution in [3.63, 3.8) is 0 Å². The standard InChI is InChI=1S/C5H11P/c1-5(2)6(3)4/h1H2,2-4H3. The molecule has 0 amide bonds. The van der Waals surface area contributed by atoms with Crippen LogP contribution in [0.1, 0.15) is 6.92 Å². The lowest BCUT2D eigenvalue weighted by Crippen LogP contribution is -1.62. The molecular weight excluding hydrogens is 91.0 g/mol. The fourth-order valence-electron chi connectivity index (χ4n) is 0. The summed E-state index contributed by atoms with van der Waals surface area (Å²) in [5.41, 5.74) is 0. The molecular formula is C5H11P. The van der Waals surface area contributed by atoms with Gasteiger partial charge in [0.15, 0.2) is 0 Å². The summed E-state index contributed by atoms with van der Waals surface area (Å²) in [6.45, 7) is 10.3. The highest BCUT2D eigenvalue weighted by molar-refractivity contribution is 7.60.